The third-order valence-electron chi connectivity index (χ3n) is 4.11. The van der Waals surface area contributed by atoms with Gasteiger partial charge < -0.3 is 15.4 Å². The summed E-state index contributed by atoms with van der Waals surface area (Å²) in [6.45, 7) is 2.94. The summed E-state index contributed by atoms with van der Waals surface area (Å²) in [6.07, 6.45) is 1.80. The zero-order valence-electron chi connectivity index (χ0n) is 13.2. The molecule has 3 atom stereocenters. The molecule has 0 bridgehead atoms. The van der Waals surface area contributed by atoms with Crippen LogP contribution >= 0.6 is 0 Å². The number of benzene rings is 1. The molecule has 0 radical (unpaired) electrons. The first-order valence-corrected chi connectivity index (χ1v) is 7.75. The Morgan fingerprint density at radius 3 is 2.73 bits per heavy atom. The normalized spacial score (nSPS) is 22.6. The summed E-state index contributed by atoms with van der Waals surface area (Å²) in [4.78, 5) is 24.1. The van der Waals surface area contributed by atoms with Crippen molar-refractivity contribution in [3.05, 3.63) is 35.9 Å². The number of rotatable bonds is 5. The molecule has 5 nitrogen and oxygen atoms in total. The van der Waals surface area contributed by atoms with Gasteiger partial charge in [0.05, 0.1) is 19.6 Å². The van der Waals surface area contributed by atoms with Gasteiger partial charge in [-0.1, -0.05) is 30.3 Å². The van der Waals surface area contributed by atoms with Crippen LogP contribution in [-0.2, 0) is 14.3 Å². The highest BCUT2D eigenvalue weighted by Gasteiger charge is 2.27. The largest absolute Gasteiger partial charge is 0.469 e. The monoisotopic (exact) mass is 304 g/mol. The SMILES string of the molecule is COC(=O)CC(NC(=O)[C@H]1CCN[C@@H](C)C1)c1ccccc1. The van der Waals surface area contributed by atoms with Crippen molar-refractivity contribution in [1.82, 2.24) is 10.6 Å². The van der Waals surface area contributed by atoms with Crippen molar-refractivity contribution in [1.29, 1.82) is 0 Å². The molecule has 0 aliphatic carbocycles. The second-order valence-electron chi connectivity index (χ2n) is 5.83. The van der Waals surface area contributed by atoms with Gasteiger partial charge >= 0.3 is 5.97 Å². The summed E-state index contributed by atoms with van der Waals surface area (Å²) in [5.41, 5.74) is 0.920. The highest BCUT2D eigenvalue weighted by Crippen LogP contribution is 2.21. The molecule has 1 amide bonds. The summed E-state index contributed by atoms with van der Waals surface area (Å²) in [7, 11) is 1.36. The van der Waals surface area contributed by atoms with Gasteiger partial charge in [-0.25, -0.2) is 0 Å². The van der Waals surface area contributed by atoms with Crippen LogP contribution in [0.2, 0.25) is 0 Å². The summed E-state index contributed by atoms with van der Waals surface area (Å²) in [6, 6.07) is 9.55. The average Bonchev–Trinajstić information content (AvgIpc) is 2.54. The molecule has 0 aromatic heterocycles. The number of ether oxygens (including phenoxy) is 1. The fourth-order valence-electron chi connectivity index (χ4n) is 2.85. The van der Waals surface area contributed by atoms with Crippen LogP contribution in [0.15, 0.2) is 30.3 Å². The lowest BCUT2D eigenvalue weighted by Gasteiger charge is -2.29. The number of piperidine rings is 1. The Morgan fingerprint density at radius 1 is 1.36 bits per heavy atom. The van der Waals surface area contributed by atoms with Crippen molar-refractivity contribution < 1.29 is 14.3 Å². The van der Waals surface area contributed by atoms with Gasteiger partial charge in [-0.3, -0.25) is 9.59 Å². The molecule has 1 unspecified atom stereocenters. The van der Waals surface area contributed by atoms with Gasteiger partial charge in [-0.2, -0.15) is 0 Å². The number of nitrogens with one attached hydrogen (secondary N) is 2. The number of carbonyl (C=O) groups is 2. The molecule has 1 saturated heterocycles. The fraction of sp³-hybridized carbons (Fsp3) is 0.529. The average molecular weight is 304 g/mol. The van der Waals surface area contributed by atoms with Crippen LogP contribution in [0.25, 0.3) is 0 Å². The van der Waals surface area contributed by atoms with Crippen LogP contribution in [0.1, 0.15) is 37.8 Å². The summed E-state index contributed by atoms with van der Waals surface area (Å²) < 4.78 is 4.75. The molecule has 0 saturated carbocycles. The van der Waals surface area contributed by atoms with Crippen LogP contribution in [0, 0.1) is 5.92 Å². The Kier molecular flexibility index (Phi) is 5.95. The molecule has 1 aliphatic rings. The van der Waals surface area contributed by atoms with Crippen molar-refractivity contribution in [2.75, 3.05) is 13.7 Å². The van der Waals surface area contributed by atoms with Crippen LogP contribution in [-0.4, -0.2) is 31.6 Å². The van der Waals surface area contributed by atoms with E-state index < -0.39 is 0 Å². The number of hydrogen-bond acceptors (Lipinski definition) is 4. The van der Waals surface area contributed by atoms with E-state index in [1.54, 1.807) is 0 Å². The van der Waals surface area contributed by atoms with E-state index in [1.807, 2.05) is 30.3 Å². The smallest absolute Gasteiger partial charge is 0.307 e. The molecule has 22 heavy (non-hydrogen) atoms. The van der Waals surface area contributed by atoms with Crippen LogP contribution in [0.5, 0.6) is 0 Å². The first-order valence-electron chi connectivity index (χ1n) is 7.75. The second-order valence-corrected chi connectivity index (χ2v) is 5.83. The van der Waals surface area contributed by atoms with E-state index >= 15 is 0 Å². The number of carbonyl (C=O) groups excluding carboxylic acids is 2. The van der Waals surface area contributed by atoms with Crippen molar-refractivity contribution >= 4 is 11.9 Å². The Hall–Kier alpha value is -1.88. The van der Waals surface area contributed by atoms with E-state index in [9.17, 15) is 9.59 Å². The van der Waals surface area contributed by atoms with E-state index in [4.69, 9.17) is 4.74 Å². The summed E-state index contributed by atoms with van der Waals surface area (Å²) >= 11 is 0. The quantitative estimate of drug-likeness (QED) is 0.814. The molecule has 0 spiro atoms. The summed E-state index contributed by atoms with van der Waals surface area (Å²) in [5, 5.41) is 6.36. The molecule has 1 aromatic carbocycles. The fourth-order valence-corrected chi connectivity index (χ4v) is 2.85. The van der Waals surface area contributed by atoms with Crippen LogP contribution in [0.4, 0.5) is 0 Å². The predicted molar refractivity (Wildman–Crippen MR) is 84.1 cm³/mol. The molecule has 1 aromatic rings. The zero-order chi connectivity index (χ0) is 15.9. The molecule has 120 valence electrons. The first-order chi connectivity index (χ1) is 10.6. The Morgan fingerprint density at radius 2 is 2.09 bits per heavy atom. The van der Waals surface area contributed by atoms with E-state index in [2.05, 4.69) is 17.6 Å². The molecule has 1 fully saturated rings. The van der Waals surface area contributed by atoms with Crippen molar-refractivity contribution in [2.45, 2.75) is 38.3 Å². The summed E-state index contributed by atoms with van der Waals surface area (Å²) in [5.74, 6) is -0.306. The lowest BCUT2D eigenvalue weighted by Crippen LogP contribution is -2.43. The molecule has 1 heterocycles. The predicted octanol–water partition coefficient (Wildman–Crippen LogP) is 1.80. The molecule has 2 rings (SSSR count). The maximum Gasteiger partial charge on any atom is 0.307 e. The lowest BCUT2D eigenvalue weighted by atomic mass is 9.91. The minimum Gasteiger partial charge on any atom is -0.469 e. The highest BCUT2D eigenvalue weighted by molar-refractivity contribution is 5.80. The zero-order valence-corrected chi connectivity index (χ0v) is 13.2. The number of esters is 1. The third-order valence-corrected chi connectivity index (χ3v) is 4.11. The van der Waals surface area contributed by atoms with Gasteiger partial charge in [0.2, 0.25) is 5.91 Å². The van der Waals surface area contributed by atoms with E-state index in [-0.39, 0.29) is 30.3 Å². The standard InChI is InChI=1S/C17H24N2O3/c1-12-10-14(8-9-18-12)17(21)19-15(11-16(20)22-2)13-6-4-3-5-7-13/h3-7,12,14-15,18H,8-11H2,1-2H3,(H,19,21)/t12-,14-,15?/m0/s1. The minimum atomic E-state index is -0.341. The molecular weight excluding hydrogens is 280 g/mol. The van der Waals surface area contributed by atoms with E-state index in [1.165, 1.54) is 7.11 Å². The van der Waals surface area contributed by atoms with Crippen molar-refractivity contribution in [3.63, 3.8) is 0 Å². The first kappa shape index (κ1) is 16.5. The number of methoxy groups -OCH3 is 1. The van der Waals surface area contributed by atoms with Gasteiger partial charge in [0.1, 0.15) is 0 Å². The topological polar surface area (TPSA) is 67.4 Å². The van der Waals surface area contributed by atoms with Crippen molar-refractivity contribution in [3.8, 4) is 0 Å². The van der Waals surface area contributed by atoms with Crippen LogP contribution < -0.4 is 10.6 Å². The van der Waals surface area contributed by atoms with Gasteiger partial charge in [0.15, 0.2) is 0 Å². The van der Waals surface area contributed by atoms with E-state index in [0.29, 0.717) is 6.04 Å². The molecule has 2 N–H and O–H groups in total. The number of amides is 1. The Balaban J connectivity index is 2.05. The molecular formula is C17H24N2O3. The lowest BCUT2D eigenvalue weighted by molar-refractivity contribution is -0.141. The molecule has 1 aliphatic heterocycles. The van der Waals surface area contributed by atoms with Gasteiger partial charge in [-0.15, -0.1) is 0 Å². The highest BCUT2D eigenvalue weighted by atomic mass is 16.5. The van der Waals surface area contributed by atoms with Crippen LogP contribution in [0.3, 0.4) is 0 Å². The minimum absolute atomic E-state index is 0.000101. The Labute approximate surface area is 131 Å². The Bertz CT molecular complexity index is 504. The maximum absolute atomic E-state index is 12.5. The van der Waals surface area contributed by atoms with Gasteiger partial charge in [0, 0.05) is 12.0 Å². The number of hydrogen-bond donors (Lipinski definition) is 2. The molecule has 5 heteroatoms. The van der Waals surface area contributed by atoms with Gasteiger partial charge in [-0.05, 0) is 31.9 Å². The maximum atomic E-state index is 12.5. The van der Waals surface area contributed by atoms with E-state index in [0.717, 1.165) is 24.9 Å². The van der Waals surface area contributed by atoms with Gasteiger partial charge in [0.25, 0.3) is 0 Å². The van der Waals surface area contributed by atoms with Crippen molar-refractivity contribution in [2.24, 2.45) is 5.92 Å². The second kappa shape index (κ2) is 7.94. The third kappa shape index (κ3) is 4.56.